The monoisotopic (exact) mass is 249 g/mol. The van der Waals surface area contributed by atoms with Crippen LogP contribution in [0.4, 0.5) is 5.69 Å². The average Bonchev–Trinajstić information content (AvgIpc) is 2.40. The Kier molecular flexibility index (Phi) is 4.17. The predicted molar refractivity (Wildman–Crippen MR) is 71.0 cm³/mol. The van der Waals surface area contributed by atoms with E-state index in [4.69, 9.17) is 4.74 Å². The SMILES string of the molecule is COc1ccc(C)cc1NC(=O)C1CNCCN1. The summed E-state index contributed by atoms with van der Waals surface area (Å²) < 4.78 is 5.24. The van der Waals surface area contributed by atoms with Gasteiger partial charge in [0.05, 0.1) is 18.8 Å². The number of methoxy groups -OCH3 is 1. The number of benzene rings is 1. The average molecular weight is 249 g/mol. The molecule has 0 spiro atoms. The Bertz CT molecular complexity index is 428. The molecule has 1 heterocycles. The Balaban J connectivity index is 2.07. The molecule has 0 aliphatic carbocycles. The van der Waals surface area contributed by atoms with E-state index in [9.17, 15) is 4.79 Å². The molecule has 1 fully saturated rings. The molecular weight excluding hydrogens is 230 g/mol. The van der Waals surface area contributed by atoms with E-state index in [0.717, 1.165) is 24.3 Å². The largest absolute Gasteiger partial charge is 0.495 e. The number of hydrogen-bond acceptors (Lipinski definition) is 4. The summed E-state index contributed by atoms with van der Waals surface area (Å²) in [5, 5.41) is 9.27. The first-order valence-electron chi connectivity index (χ1n) is 6.10. The van der Waals surface area contributed by atoms with Gasteiger partial charge in [0.25, 0.3) is 0 Å². The summed E-state index contributed by atoms with van der Waals surface area (Å²) >= 11 is 0. The first-order chi connectivity index (χ1) is 8.70. The van der Waals surface area contributed by atoms with Gasteiger partial charge in [0.1, 0.15) is 5.75 Å². The molecule has 1 amide bonds. The molecule has 0 radical (unpaired) electrons. The highest BCUT2D eigenvalue weighted by Gasteiger charge is 2.21. The number of aryl methyl sites for hydroxylation is 1. The van der Waals surface area contributed by atoms with Gasteiger partial charge in [-0.15, -0.1) is 0 Å². The van der Waals surface area contributed by atoms with Gasteiger partial charge < -0.3 is 20.7 Å². The molecule has 1 unspecified atom stereocenters. The molecule has 1 aliphatic rings. The third-order valence-corrected chi connectivity index (χ3v) is 2.97. The zero-order valence-electron chi connectivity index (χ0n) is 10.7. The van der Waals surface area contributed by atoms with Crippen molar-refractivity contribution in [2.24, 2.45) is 0 Å². The van der Waals surface area contributed by atoms with Crippen LogP contribution in [0.1, 0.15) is 5.56 Å². The molecule has 3 N–H and O–H groups in total. The molecule has 5 heteroatoms. The van der Waals surface area contributed by atoms with E-state index in [1.165, 1.54) is 0 Å². The van der Waals surface area contributed by atoms with Crippen molar-refractivity contribution in [2.45, 2.75) is 13.0 Å². The molecule has 1 aromatic carbocycles. The zero-order chi connectivity index (χ0) is 13.0. The van der Waals surface area contributed by atoms with E-state index in [1.807, 2.05) is 25.1 Å². The van der Waals surface area contributed by atoms with Gasteiger partial charge in [-0.05, 0) is 24.6 Å². The van der Waals surface area contributed by atoms with Gasteiger partial charge in [0, 0.05) is 19.6 Å². The normalized spacial score (nSPS) is 19.3. The second-order valence-electron chi connectivity index (χ2n) is 4.40. The topological polar surface area (TPSA) is 62.4 Å². The number of rotatable bonds is 3. The van der Waals surface area contributed by atoms with Gasteiger partial charge in [-0.3, -0.25) is 4.79 Å². The summed E-state index contributed by atoms with van der Waals surface area (Å²) in [7, 11) is 1.60. The quantitative estimate of drug-likeness (QED) is 0.730. The highest BCUT2D eigenvalue weighted by Crippen LogP contribution is 2.25. The number of ether oxygens (including phenoxy) is 1. The molecular formula is C13H19N3O2. The predicted octanol–water partition coefficient (Wildman–Crippen LogP) is 0.504. The van der Waals surface area contributed by atoms with Crippen molar-refractivity contribution in [1.29, 1.82) is 0 Å². The van der Waals surface area contributed by atoms with Crippen molar-refractivity contribution >= 4 is 11.6 Å². The van der Waals surface area contributed by atoms with E-state index in [1.54, 1.807) is 7.11 Å². The molecule has 0 aromatic heterocycles. The number of amides is 1. The standard InChI is InChI=1S/C13H19N3O2/c1-9-3-4-12(18-2)10(7-9)16-13(17)11-8-14-5-6-15-11/h3-4,7,11,14-15H,5-6,8H2,1-2H3,(H,16,17). The third-order valence-electron chi connectivity index (χ3n) is 2.97. The summed E-state index contributed by atoms with van der Waals surface area (Å²) in [5.41, 5.74) is 1.80. The smallest absolute Gasteiger partial charge is 0.242 e. The summed E-state index contributed by atoms with van der Waals surface area (Å²) in [6.07, 6.45) is 0. The van der Waals surface area contributed by atoms with Crippen LogP contribution in [0.2, 0.25) is 0 Å². The maximum atomic E-state index is 12.1. The summed E-state index contributed by atoms with van der Waals surface area (Å²) in [6.45, 7) is 4.34. The van der Waals surface area contributed by atoms with Gasteiger partial charge in [-0.1, -0.05) is 6.07 Å². The molecule has 18 heavy (non-hydrogen) atoms. The Morgan fingerprint density at radius 3 is 2.94 bits per heavy atom. The fraction of sp³-hybridized carbons (Fsp3) is 0.462. The van der Waals surface area contributed by atoms with Gasteiger partial charge in [-0.2, -0.15) is 0 Å². The maximum absolute atomic E-state index is 12.1. The lowest BCUT2D eigenvalue weighted by Gasteiger charge is -2.24. The van der Waals surface area contributed by atoms with Crippen LogP contribution in [0.25, 0.3) is 0 Å². The van der Waals surface area contributed by atoms with Crippen molar-refractivity contribution in [3.8, 4) is 5.75 Å². The summed E-state index contributed by atoms with van der Waals surface area (Å²) in [5.74, 6) is 0.642. The Morgan fingerprint density at radius 1 is 1.44 bits per heavy atom. The minimum atomic E-state index is -0.191. The number of piperazine rings is 1. The summed E-state index contributed by atoms with van der Waals surface area (Å²) in [4.78, 5) is 12.1. The Hall–Kier alpha value is -1.59. The molecule has 0 bridgehead atoms. The van der Waals surface area contributed by atoms with Crippen molar-refractivity contribution in [3.05, 3.63) is 23.8 Å². The van der Waals surface area contributed by atoms with Crippen LogP contribution in [0.3, 0.4) is 0 Å². The van der Waals surface area contributed by atoms with Gasteiger partial charge in [-0.25, -0.2) is 0 Å². The highest BCUT2D eigenvalue weighted by atomic mass is 16.5. The van der Waals surface area contributed by atoms with E-state index in [-0.39, 0.29) is 11.9 Å². The second-order valence-corrected chi connectivity index (χ2v) is 4.40. The number of carbonyl (C=O) groups is 1. The lowest BCUT2D eigenvalue weighted by Crippen LogP contribution is -2.54. The van der Waals surface area contributed by atoms with Crippen LogP contribution in [0.15, 0.2) is 18.2 Å². The molecule has 1 atom stereocenters. The zero-order valence-corrected chi connectivity index (χ0v) is 10.7. The Morgan fingerprint density at radius 2 is 2.28 bits per heavy atom. The van der Waals surface area contributed by atoms with E-state index < -0.39 is 0 Å². The van der Waals surface area contributed by atoms with Crippen molar-refractivity contribution in [3.63, 3.8) is 0 Å². The van der Waals surface area contributed by atoms with Crippen molar-refractivity contribution in [2.75, 3.05) is 32.1 Å². The van der Waals surface area contributed by atoms with Crippen LogP contribution in [0.5, 0.6) is 5.75 Å². The number of carbonyl (C=O) groups excluding carboxylic acids is 1. The van der Waals surface area contributed by atoms with E-state index in [2.05, 4.69) is 16.0 Å². The van der Waals surface area contributed by atoms with Crippen LogP contribution >= 0.6 is 0 Å². The molecule has 1 saturated heterocycles. The molecule has 98 valence electrons. The highest BCUT2D eigenvalue weighted by molar-refractivity contribution is 5.96. The lowest BCUT2D eigenvalue weighted by atomic mass is 10.2. The van der Waals surface area contributed by atoms with Crippen LogP contribution < -0.4 is 20.7 Å². The number of anilines is 1. The van der Waals surface area contributed by atoms with Crippen LogP contribution in [0, 0.1) is 6.92 Å². The van der Waals surface area contributed by atoms with Gasteiger partial charge >= 0.3 is 0 Å². The number of hydrogen-bond donors (Lipinski definition) is 3. The van der Waals surface area contributed by atoms with E-state index >= 15 is 0 Å². The van der Waals surface area contributed by atoms with Crippen LogP contribution in [-0.2, 0) is 4.79 Å². The summed E-state index contributed by atoms with van der Waals surface area (Å²) in [6, 6.07) is 5.53. The second kappa shape index (κ2) is 5.84. The maximum Gasteiger partial charge on any atom is 0.242 e. The third kappa shape index (κ3) is 3.00. The van der Waals surface area contributed by atoms with E-state index in [0.29, 0.717) is 12.3 Å². The molecule has 0 saturated carbocycles. The van der Waals surface area contributed by atoms with Gasteiger partial charge in [0.2, 0.25) is 5.91 Å². The first kappa shape index (κ1) is 12.9. The van der Waals surface area contributed by atoms with Crippen LogP contribution in [-0.4, -0.2) is 38.7 Å². The Labute approximate surface area is 107 Å². The number of nitrogens with one attached hydrogen (secondary N) is 3. The molecule has 5 nitrogen and oxygen atoms in total. The van der Waals surface area contributed by atoms with Crippen molar-refractivity contribution < 1.29 is 9.53 Å². The fourth-order valence-corrected chi connectivity index (χ4v) is 1.98. The molecule has 2 rings (SSSR count). The molecule has 1 aromatic rings. The van der Waals surface area contributed by atoms with Crippen molar-refractivity contribution in [1.82, 2.24) is 10.6 Å². The minimum absolute atomic E-state index is 0.0360. The van der Waals surface area contributed by atoms with Gasteiger partial charge in [0.15, 0.2) is 0 Å². The lowest BCUT2D eigenvalue weighted by molar-refractivity contribution is -0.118. The minimum Gasteiger partial charge on any atom is -0.495 e. The molecule has 1 aliphatic heterocycles. The first-order valence-corrected chi connectivity index (χ1v) is 6.10. The fourth-order valence-electron chi connectivity index (χ4n) is 1.98.